The molecule has 9 unspecified atom stereocenters. The summed E-state index contributed by atoms with van der Waals surface area (Å²) in [6.07, 6.45) is -1.51. The van der Waals surface area contributed by atoms with Crippen molar-refractivity contribution in [2.45, 2.75) is 114 Å². The number of allylic oxidation sites excluding steroid dienone is 1. The van der Waals surface area contributed by atoms with Crippen LogP contribution in [0.2, 0.25) is 0 Å². The molecule has 0 radical (unpaired) electrons. The molecule has 0 aromatic heterocycles. The van der Waals surface area contributed by atoms with Crippen molar-refractivity contribution in [1.29, 1.82) is 0 Å². The summed E-state index contributed by atoms with van der Waals surface area (Å²) in [5.41, 5.74) is 15.8. The second-order valence-corrected chi connectivity index (χ2v) is 13.7. The van der Waals surface area contributed by atoms with E-state index < -0.39 is 110 Å². The van der Waals surface area contributed by atoms with E-state index in [4.69, 9.17) is 41.3 Å². The number of primary amides is 1. The van der Waals surface area contributed by atoms with Gasteiger partial charge in [0.05, 0.1) is 38.4 Å². The van der Waals surface area contributed by atoms with Gasteiger partial charge in [-0.25, -0.2) is 0 Å². The Morgan fingerprint density at radius 1 is 0.932 bits per heavy atom. The molecule has 1 fully saturated rings. The van der Waals surface area contributed by atoms with E-state index in [2.05, 4.69) is 36.6 Å². The third-order valence-electron chi connectivity index (χ3n) is 8.84. The minimum Gasteiger partial charge on any atom is -0.487 e. The van der Waals surface area contributed by atoms with Gasteiger partial charge in [0, 0.05) is 33.5 Å². The maximum absolute atomic E-state index is 12.8. The minimum absolute atomic E-state index is 0.0170. The number of aliphatic imine (C=N–C) groups is 2. The predicted molar refractivity (Wildman–Crippen MR) is 207 cm³/mol. The third-order valence-corrected chi connectivity index (χ3v) is 8.84. The number of carboxylic acids is 1. The Balaban J connectivity index is 1.82. The SMILES string of the molecule is COC1COC(OC2C=C(C=NCCCCCC(=O)NCC(=O)NC(CCCN=C(N)N)C(=O)NCC(=O)NC(CC(=O)O)C(N)=O)OC(C)C2NC(C)=O)C(O)C1O. The van der Waals surface area contributed by atoms with Crippen molar-refractivity contribution in [2.75, 3.05) is 39.9 Å². The Morgan fingerprint density at radius 3 is 2.24 bits per heavy atom. The summed E-state index contributed by atoms with van der Waals surface area (Å²) in [6, 6.07) is -3.31. The molecular formula is C35H58N10O14. The van der Waals surface area contributed by atoms with E-state index in [-0.39, 0.29) is 44.3 Å². The van der Waals surface area contributed by atoms with E-state index in [1.807, 2.05) is 0 Å². The predicted octanol–water partition coefficient (Wildman–Crippen LogP) is -4.88. The Morgan fingerprint density at radius 2 is 1.61 bits per heavy atom. The van der Waals surface area contributed by atoms with Crippen LogP contribution in [-0.4, -0.2) is 164 Å². The highest BCUT2D eigenvalue weighted by atomic mass is 16.7. The number of aliphatic hydroxyl groups excluding tert-OH is 2. The van der Waals surface area contributed by atoms with E-state index in [1.165, 1.54) is 20.2 Å². The maximum atomic E-state index is 12.8. The van der Waals surface area contributed by atoms with Gasteiger partial charge in [-0.15, -0.1) is 0 Å². The number of guanidine groups is 1. The summed E-state index contributed by atoms with van der Waals surface area (Å²) in [5.74, 6) is -5.39. The van der Waals surface area contributed by atoms with Crippen molar-refractivity contribution in [1.82, 2.24) is 26.6 Å². The van der Waals surface area contributed by atoms with Gasteiger partial charge in [0.1, 0.15) is 48.4 Å². The first-order valence-electron chi connectivity index (χ1n) is 18.9. The molecule has 0 aromatic carbocycles. The maximum Gasteiger partial charge on any atom is 0.305 e. The van der Waals surface area contributed by atoms with Crippen molar-refractivity contribution >= 4 is 53.6 Å². The van der Waals surface area contributed by atoms with Gasteiger partial charge in [-0.1, -0.05) is 6.42 Å². The summed E-state index contributed by atoms with van der Waals surface area (Å²) in [5, 5.41) is 41.9. The van der Waals surface area contributed by atoms with Crippen LogP contribution in [0.25, 0.3) is 0 Å². The van der Waals surface area contributed by atoms with E-state index in [9.17, 15) is 43.8 Å². The first-order valence-corrected chi connectivity index (χ1v) is 18.9. The topological polar surface area (TPSA) is 380 Å². The van der Waals surface area contributed by atoms with Crippen molar-refractivity contribution in [2.24, 2.45) is 27.2 Å². The molecule has 6 amide bonds. The molecule has 2 aliphatic rings. The lowest BCUT2D eigenvalue weighted by molar-refractivity contribution is -0.285. The molecule has 24 nitrogen and oxygen atoms in total. The second-order valence-electron chi connectivity index (χ2n) is 13.7. The van der Waals surface area contributed by atoms with Crippen LogP contribution < -0.4 is 43.8 Å². The number of aliphatic hydroxyl groups is 2. The quantitative estimate of drug-likeness (QED) is 0.0233. The minimum atomic E-state index is -1.50. The van der Waals surface area contributed by atoms with Gasteiger partial charge in [-0.3, -0.25) is 43.5 Å². The Kier molecular flexibility index (Phi) is 21.8. The highest BCUT2D eigenvalue weighted by molar-refractivity contribution is 5.94. The second kappa shape index (κ2) is 25.8. The number of nitrogens with one attached hydrogen (secondary N) is 5. The number of rotatable bonds is 25. The monoisotopic (exact) mass is 842 g/mol. The molecule has 1 saturated heterocycles. The number of unbranched alkanes of at least 4 members (excludes halogenated alkanes) is 2. The van der Waals surface area contributed by atoms with Crippen LogP contribution in [0.5, 0.6) is 0 Å². The van der Waals surface area contributed by atoms with Crippen LogP contribution in [0.15, 0.2) is 21.8 Å². The fraction of sp³-hybridized carbons (Fsp3) is 0.686. The fourth-order valence-electron chi connectivity index (χ4n) is 5.78. The van der Waals surface area contributed by atoms with Crippen LogP contribution in [0, 0.1) is 0 Å². The number of carboxylic acid groups (broad SMARTS) is 1. The number of nitrogens with zero attached hydrogens (tertiary/aromatic N) is 2. The molecule has 0 saturated carbocycles. The Labute approximate surface area is 340 Å². The highest BCUT2D eigenvalue weighted by Gasteiger charge is 2.43. The molecule has 24 heteroatoms. The lowest BCUT2D eigenvalue weighted by Gasteiger charge is -2.41. The third kappa shape index (κ3) is 18.8. The van der Waals surface area contributed by atoms with Crippen molar-refractivity contribution in [3.8, 4) is 0 Å². The van der Waals surface area contributed by atoms with Crippen LogP contribution in [0.4, 0.5) is 0 Å². The van der Waals surface area contributed by atoms with Gasteiger partial charge in [0.25, 0.3) is 0 Å². The number of carbonyl (C=O) groups excluding carboxylic acids is 6. The van der Waals surface area contributed by atoms with Gasteiger partial charge in [0.2, 0.25) is 35.4 Å². The number of ether oxygens (including phenoxy) is 4. The van der Waals surface area contributed by atoms with Crippen molar-refractivity contribution in [3.05, 3.63) is 11.8 Å². The molecule has 9 atom stereocenters. The number of carbonyl (C=O) groups is 7. The lowest BCUT2D eigenvalue weighted by atomic mass is 10.0. The van der Waals surface area contributed by atoms with Crippen LogP contribution in [-0.2, 0) is 52.5 Å². The summed E-state index contributed by atoms with van der Waals surface area (Å²) in [7, 11) is 1.39. The first kappa shape index (κ1) is 49.7. The molecule has 2 aliphatic heterocycles. The molecule has 0 aromatic rings. The number of hydrogen-bond donors (Lipinski definition) is 11. The summed E-state index contributed by atoms with van der Waals surface area (Å²) in [4.78, 5) is 92.6. The normalized spacial score (nSPS) is 23.7. The van der Waals surface area contributed by atoms with Crippen molar-refractivity contribution in [3.63, 3.8) is 0 Å². The molecule has 0 spiro atoms. The number of methoxy groups -OCH3 is 1. The Hall–Kier alpha value is -5.43. The van der Waals surface area contributed by atoms with Gasteiger partial charge in [-0.05, 0) is 38.7 Å². The zero-order valence-electron chi connectivity index (χ0n) is 33.3. The zero-order chi connectivity index (χ0) is 44.1. The molecular weight excluding hydrogens is 784 g/mol. The smallest absolute Gasteiger partial charge is 0.305 e. The molecule has 2 heterocycles. The van der Waals surface area contributed by atoms with Crippen LogP contribution in [0.3, 0.4) is 0 Å². The largest absolute Gasteiger partial charge is 0.487 e. The molecule has 14 N–H and O–H groups in total. The molecule has 0 bridgehead atoms. The molecule has 0 aliphatic carbocycles. The van der Waals surface area contributed by atoms with Crippen LogP contribution >= 0.6 is 0 Å². The fourth-order valence-corrected chi connectivity index (χ4v) is 5.78. The zero-order valence-corrected chi connectivity index (χ0v) is 33.3. The van der Waals surface area contributed by atoms with Crippen LogP contribution in [0.1, 0.15) is 58.8 Å². The standard InChI is InChI=1S/C35H58N10O14/c1-18-29(43-19(2)46)23(59-34-31(53)30(52)24(56-3)17-57-34)12-20(58-18)14-39-10-6-4-5-9-25(47)41-15-26(48)44-21(8-7-11-40-35(37)38)33(55)42-16-27(49)45-22(32(36)54)13-28(50)51/h12,14,18,21-24,29-31,34,52-53H,4-11,13,15-17H2,1-3H3,(H2,36,54)(H,41,47)(H,42,55)(H,43,46)(H,44,48)(H,45,49)(H,50,51)(H4,37,38,40). The average Bonchev–Trinajstić information content (AvgIpc) is 3.16. The summed E-state index contributed by atoms with van der Waals surface area (Å²) in [6.45, 7) is 2.47. The summed E-state index contributed by atoms with van der Waals surface area (Å²) >= 11 is 0. The average molecular weight is 843 g/mol. The van der Waals surface area contributed by atoms with Gasteiger partial charge in [-0.2, -0.15) is 0 Å². The highest BCUT2D eigenvalue weighted by Crippen LogP contribution is 2.25. The number of hydrogen-bond acceptors (Lipinski definition) is 15. The molecule has 2 rings (SSSR count). The number of aliphatic carboxylic acids is 1. The van der Waals surface area contributed by atoms with Gasteiger partial charge in [0.15, 0.2) is 12.2 Å². The van der Waals surface area contributed by atoms with E-state index in [0.29, 0.717) is 31.6 Å². The lowest BCUT2D eigenvalue weighted by Crippen LogP contribution is -2.58. The Bertz CT molecular complexity index is 1540. The molecule has 59 heavy (non-hydrogen) atoms. The van der Waals surface area contributed by atoms with Crippen molar-refractivity contribution < 1.29 is 67.8 Å². The van der Waals surface area contributed by atoms with Gasteiger partial charge < -0.3 is 78.1 Å². The van der Waals surface area contributed by atoms with E-state index in [0.717, 1.165) is 0 Å². The van der Waals surface area contributed by atoms with E-state index in [1.54, 1.807) is 13.0 Å². The number of nitrogens with two attached hydrogens (primary N) is 3. The molecule has 332 valence electrons. The number of amides is 6. The van der Waals surface area contributed by atoms with Gasteiger partial charge >= 0.3 is 5.97 Å². The summed E-state index contributed by atoms with van der Waals surface area (Å²) < 4.78 is 22.6. The van der Waals surface area contributed by atoms with E-state index >= 15 is 0 Å². The first-order chi connectivity index (χ1) is 27.9.